The molecule has 1 rings (SSSR count). The van der Waals surface area contributed by atoms with Crippen LogP contribution < -0.4 is 0 Å². The molecule has 0 saturated carbocycles. The highest BCUT2D eigenvalue weighted by atomic mass is 32.1. The van der Waals surface area contributed by atoms with Crippen LogP contribution in [0, 0.1) is 15.9 Å². The topological polar surface area (TPSA) is 43.1 Å². The van der Waals surface area contributed by atoms with Crippen molar-refractivity contribution >= 4 is 18.3 Å². The molecule has 0 aliphatic carbocycles. The standard InChI is InChI=1S/C7H6FNO2S/c8-6-3-5(4-12)1-2-7(6)9(10)11/h1-3,12H,4H2. The number of nitro benzene ring substituents is 1. The first-order chi connectivity index (χ1) is 5.65. The van der Waals surface area contributed by atoms with Gasteiger partial charge in [0.1, 0.15) is 0 Å². The molecule has 0 radical (unpaired) electrons. The van der Waals surface area contributed by atoms with Crippen LogP contribution in [0.1, 0.15) is 5.56 Å². The van der Waals surface area contributed by atoms with Gasteiger partial charge in [0.2, 0.25) is 5.82 Å². The summed E-state index contributed by atoms with van der Waals surface area (Å²) in [6.45, 7) is 0. The zero-order chi connectivity index (χ0) is 9.14. The third-order valence-electron chi connectivity index (χ3n) is 1.39. The molecule has 1 aromatic carbocycles. The molecular formula is C7H6FNO2S. The Morgan fingerprint density at radius 1 is 1.58 bits per heavy atom. The summed E-state index contributed by atoms with van der Waals surface area (Å²) in [7, 11) is 0. The molecule has 0 amide bonds. The Balaban J connectivity index is 3.12. The van der Waals surface area contributed by atoms with Crippen molar-refractivity contribution in [3.8, 4) is 0 Å². The van der Waals surface area contributed by atoms with E-state index in [1.165, 1.54) is 6.07 Å². The van der Waals surface area contributed by atoms with Crippen LogP contribution in [-0.4, -0.2) is 4.92 Å². The van der Waals surface area contributed by atoms with E-state index in [1.54, 1.807) is 0 Å². The molecule has 0 spiro atoms. The van der Waals surface area contributed by atoms with E-state index >= 15 is 0 Å². The van der Waals surface area contributed by atoms with Gasteiger partial charge in [0.15, 0.2) is 0 Å². The first kappa shape index (κ1) is 8.99. The van der Waals surface area contributed by atoms with Gasteiger partial charge in [-0.25, -0.2) is 0 Å². The third kappa shape index (κ3) is 1.73. The number of hydrogen-bond acceptors (Lipinski definition) is 3. The highest BCUT2D eigenvalue weighted by Crippen LogP contribution is 2.18. The summed E-state index contributed by atoms with van der Waals surface area (Å²) in [5, 5.41) is 10.2. The summed E-state index contributed by atoms with van der Waals surface area (Å²) in [6.07, 6.45) is 0. The molecule has 5 heteroatoms. The van der Waals surface area contributed by atoms with Gasteiger partial charge < -0.3 is 0 Å². The number of thiol groups is 1. The summed E-state index contributed by atoms with van der Waals surface area (Å²) >= 11 is 3.91. The number of hydrogen-bond donors (Lipinski definition) is 1. The van der Waals surface area contributed by atoms with Crippen LogP contribution in [0.15, 0.2) is 18.2 Å². The van der Waals surface area contributed by atoms with Crippen molar-refractivity contribution < 1.29 is 9.31 Å². The van der Waals surface area contributed by atoms with Crippen LogP contribution in [-0.2, 0) is 5.75 Å². The lowest BCUT2D eigenvalue weighted by atomic mass is 10.2. The van der Waals surface area contributed by atoms with Crippen molar-refractivity contribution in [1.29, 1.82) is 0 Å². The monoisotopic (exact) mass is 187 g/mol. The van der Waals surface area contributed by atoms with Gasteiger partial charge in [0.05, 0.1) is 4.92 Å². The highest BCUT2D eigenvalue weighted by molar-refractivity contribution is 7.79. The largest absolute Gasteiger partial charge is 0.304 e. The van der Waals surface area contributed by atoms with Crippen molar-refractivity contribution in [2.45, 2.75) is 5.75 Å². The van der Waals surface area contributed by atoms with Crippen molar-refractivity contribution in [3.05, 3.63) is 39.7 Å². The van der Waals surface area contributed by atoms with Crippen LogP contribution >= 0.6 is 12.6 Å². The number of rotatable bonds is 2. The van der Waals surface area contributed by atoms with Crippen molar-refractivity contribution in [1.82, 2.24) is 0 Å². The summed E-state index contributed by atoms with van der Waals surface area (Å²) in [5.41, 5.74) is 0.127. The van der Waals surface area contributed by atoms with E-state index in [4.69, 9.17) is 0 Å². The normalized spacial score (nSPS) is 9.83. The van der Waals surface area contributed by atoms with E-state index in [0.717, 1.165) is 12.1 Å². The van der Waals surface area contributed by atoms with Gasteiger partial charge in [-0.15, -0.1) is 0 Å². The Labute approximate surface area is 73.8 Å². The molecule has 12 heavy (non-hydrogen) atoms. The molecule has 0 aliphatic rings. The van der Waals surface area contributed by atoms with Crippen LogP contribution in [0.5, 0.6) is 0 Å². The molecule has 0 heterocycles. The van der Waals surface area contributed by atoms with Gasteiger partial charge in [0.25, 0.3) is 0 Å². The third-order valence-corrected chi connectivity index (χ3v) is 1.76. The summed E-state index contributed by atoms with van der Waals surface area (Å²) < 4.78 is 12.8. The quantitative estimate of drug-likeness (QED) is 0.438. The molecule has 0 fully saturated rings. The molecular weight excluding hydrogens is 181 g/mol. The summed E-state index contributed by atoms with van der Waals surface area (Å²) in [6, 6.07) is 3.74. The molecule has 0 aliphatic heterocycles. The van der Waals surface area contributed by atoms with E-state index in [9.17, 15) is 14.5 Å². The first-order valence-electron chi connectivity index (χ1n) is 3.19. The summed E-state index contributed by atoms with van der Waals surface area (Å²) in [5.74, 6) is -0.443. The van der Waals surface area contributed by atoms with Gasteiger partial charge in [-0.3, -0.25) is 10.1 Å². The molecule has 0 aromatic heterocycles. The minimum absolute atomic E-state index is 0.370. The predicted octanol–water partition coefficient (Wildman–Crippen LogP) is 2.16. The van der Waals surface area contributed by atoms with Gasteiger partial charge in [-0.1, -0.05) is 6.07 Å². The Bertz CT molecular complexity index is 316. The smallest absolute Gasteiger partial charge is 0.258 e. The van der Waals surface area contributed by atoms with Crippen molar-refractivity contribution in [2.24, 2.45) is 0 Å². The van der Waals surface area contributed by atoms with E-state index in [2.05, 4.69) is 12.6 Å². The van der Waals surface area contributed by atoms with Crippen molar-refractivity contribution in [2.75, 3.05) is 0 Å². The Morgan fingerprint density at radius 3 is 2.67 bits per heavy atom. The van der Waals surface area contributed by atoms with Gasteiger partial charge in [0, 0.05) is 11.8 Å². The molecule has 0 atom stereocenters. The second-order valence-corrected chi connectivity index (χ2v) is 2.52. The van der Waals surface area contributed by atoms with Crippen LogP contribution in [0.3, 0.4) is 0 Å². The summed E-state index contributed by atoms with van der Waals surface area (Å²) in [4.78, 5) is 9.42. The average Bonchev–Trinajstić information content (AvgIpc) is 2.03. The lowest BCUT2D eigenvalue weighted by Crippen LogP contribution is -1.92. The fourth-order valence-electron chi connectivity index (χ4n) is 0.797. The second kappa shape index (κ2) is 3.53. The van der Waals surface area contributed by atoms with Crippen LogP contribution in [0.2, 0.25) is 0 Å². The van der Waals surface area contributed by atoms with E-state index < -0.39 is 16.4 Å². The van der Waals surface area contributed by atoms with E-state index in [1.807, 2.05) is 0 Å². The minimum atomic E-state index is -0.813. The van der Waals surface area contributed by atoms with Crippen molar-refractivity contribution in [3.63, 3.8) is 0 Å². The average molecular weight is 187 g/mol. The number of halogens is 1. The van der Waals surface area contributed by atoms with Gasteiger partial charge in [-0.2, -0.15) is 17.0 Å². The highest BCUT2D eigenvalue weighted by Gasteiger charge is 2.12. The predicted molar refractivity (Wildman–Crippen MR) is 45.7 cm³/mol. The second-order valence-electron chi connectivity index (χ2n) is 2.20. The number of nitrogens with zero attached hydrogens (tertiary/aromatic N) is 1. The molecule has 1 aromatic rings. The Kier molecular flexibility index (Phi) is 2.65. The van der Waals surface area contributed by atoms with E-state index in [-0.39, 0.29) is 0 Å². The maximum Gasteiger partial charge on any atom is 0.304 e. The lowest BCUT2D eigenvalue weighted by Gasteiger charge is -1.96. The Hall–Kier alpha value is -1.10. The molecule has 64 valence electrons. The first-order valence-corrected chi connectivity index (χ1v) is 3.82. The molecule has 3 nitrogen and oxygen atoms in total. The molecule has 0 bridgehead atoms. The van der Waals surface area contributed by atoms with Gasteiger partial charge >= 0.3 is 5.69 Å². The zero-order valence-electron chi connectivity index (χ0n) is 6.03. The fraction of sp³-hybridized carbons (Fsp3) is 0.143. The van der Waals surface area contributed by atoms with Gasteiger partial charge in [-0.05, 0) is 11.6 Å². The number of benzene rings is 1. The maximum atomic E-state index is 12.8. The van der Waals surface area contributed by atoms with Crippen LogP contribution in [0.4, 0.5) is 10.1 Å². The maximum absolute atomic E-state index is 12.8. The SMILES string of the molecule is O=[N+]([O-])c1ccc(CS)cc1F. The molecule has 0 N–H and O–H groups in total. The molecule has 0 unspecified atom stereocenters. The fourth-order valence-corrected chi connectivity index (χ4v) is 0.994. The minimum Gasteiger partial charge on any atom is -0.258 e. The lowest BCUT2D eigenvalue weighted by molar-refractivity contribution is -0.387. The Morgan fingerprint density at radius 2 is 2.25 bits per heavy atom. The van der Waals surface area contributed by atoms with E-state index in [0.29, 0.717) is 11.3 Å². The number of nitro groups is 1. The van der Waals surface area contributed by atoms with Crippen LogP contribution in [0.25, 0.3) is 0 Å². The zero-order valence-corrected chi connectivity index (χ0v) is 6.92. The molecule has 0 saturated heterocycles.